The molecule has 2 aliphatic heterocycles. The molecule has 31 heavy (non-hydrogen) atoms. The third kappa shape index (κ3) is 4.61. The number of amides is 1. The minimum atomic E-state index is -0.310. The van der Waals surface area contributed by atoms with Crippen molar-refractivity contribution in [1.29, 1.82) is 0 Å². The van der Waals surface area contributed by atoms with Gasteiger partial charge in [-0.2, -0.15) is 0 Å². The van der Waals surface area contributed by atoms with E-state index in [1.807, 2.05) is 48.2 Å². The van der Waals surface area contributed by atoms with Crippen molar-refractivity contribution in [2.24, 2.45) is 0 Å². The number of benzene rings is 2. The number of thiocarbonyl (C=S) groups is 1. The lowest BCUT2D eigenvalue weighted by molar-refractivity contribution is -0.117. The van der Waals surface area contributed by atoms with Crippen molar-refractivity contribution in [3.8, 4) is 11.5 Å². The lowest BCUT2D eigenvalue weighted by Crippen LogP contribution is -2.42. The molecule has 4 rings (SSSR count). The van der Waals surface area contributed by atoms with E-state index < -0.39 is 0 Å². The minimum absolute atomic E-state index is 0.00329. The third-order valence-electron chi connectivity index (χ3n) is 5.80. The van der Waals surface area contributed by atoms with E-state index in [1.54, 1.807) is 7.11 Å². The van der Waals surface area contributed by atoms with Crippen LogP contribution in [0.25, 0.3) is 0 Å². The highest BCUT2D eigenvalue weighted by molar-refractivity contribution is 7.80. The largest absolute Gasteiger partial charge is 0.497 e. The van der Waals surface area contributed by atoms with Crippen molar-refractivity contribution in [3.63, 3.8) is 0 Å². The zero-order valence-electron chi connectivity index (χ0n) is 18.5. The SMILES string of the molecule is COc1ccc2c(c1)C(NC(=S)Nc1ccc(N3CCCC3=O)c(C)c1)CC(C)(C)O2. The summed E-state index contributed by atoms with van der Waals surface area (Å²) >= 11 is 5.63. The second-order valence-corrected chi connectivity index (χ2v) is 9.18. The minimum Gasteiger partial charge on any atom is -0.497 e. The molecule has 2 aliphatic rings. The number of fused-ring (bicyclic) bond motifs is 1. The van der Waals surface area contributed by atoms with Crippen molar-refractivity contribution in [1.82, 2.24) is 5.32 Å². The molecule has 6 nitrogen and oxygen atoms in total. The van der Waals surface area contributed by atoms with Crippen LogP contribution in [0, 0.1) is 6.92 Å². The first-order valence-electron chi connectivity index (χ1n) is 10.6. The van der Waals surface area contributed by atoms with Crippen LogP contribution in [-0.2, 0) is 4.79 Å². The van der Waals surface area contributed by atoms with Gasteiger partial charge in [-0.1, -0.05) is 0 Å². The predicted molar refractivity (Wildman–Crippen MR) is 127 cm³/mol. The van der Waals surface area contributed by atoms with Gasteiger partial charge in [0.15, 0.2) is 5.11 Å². The summed E-state index contributed by atoms with van der Waals surface area (Å²) in [4.78, 5) is 13.9. The van der Waals surface area contributed by atoms with Crippen LogP contribution < -0.4 is 25.0 Å². The summed E-state index contributed by atoms with van der Waals surface area (Å²) < 4.78 is 11.5. The van der Waals surface area contributed by atoms with E-state index in [-0.39, 0.29) is 17.6 Å². The number of methoxy groups -OCH3 is 1. The molecule has 2 heterocycles. The molecular formula is C24H29N3O3S. The van der Waals surface area contributed by atoms with E-state index in [0.29, 0.717) is 11.5 Å². The van der Waals surface area contributed by atoms with Crippen LogP contribution >= 0.6 is 12.2 Å². The summed E-state index contributed by atoms with van der Waals surface area (Å²) in [5.41, 5.74) is 3.63. The molecule has 1 fully saturated rings. The Hall–Kier alpha value is -2.80. The molecule has 1 amide bonds. The van der Waals surface area contributed by atoms with Gasteiger partial charge in [0.2, 0.25) is 5.91 Å². The number of anilines is 2. The predicted octanol–water partition coefficient (Wildman–Crippen LogP) is 4.72. The number of nitrogens with one attached hydrogen (secondary N) is 2. The number of nitrogens with zero attached hydrogens (tertiary/aromatic N) is 1. The van der Waals surface area contributed by atoms with Crippen molar-refractivity contribution >= 4 is 34.6 Å². The van der Waals surface area contributed by atoms with Crippen molar-refractivity contribution in [2.75, 3.05) is 23.9 Å². The molecule has 7 heteroatoms. The van der Waals surface area contributed by atoms with Gasteiger partial charge in [0.05, 0.1) is 13.2 Å². The van der Waals surface area contributed by atoms with E-state index in [4.69, 9.17) is 21.7 Å². The van der Waals surface area contributed by atoms with E-state index in [2.05, 4.69) is 24.5 Å². The van der Waals surface area contributed by atoms with Gasteiger partial charge < -0.3 is 25.0 Å². The molecule has 0 bridgehead atoms. The van der Waals surface area contributed by atoms with Crippen molar-refractivity contribution in [3.05, 3.63) is 47.5 Å². The second kappa shape index (κ2) is 8.38. The van der Waals surface area contributed by atoms with Gasteiger partial charge >= 0.3 is 0 Å². The number of hydrogen-bond acceptors (Lipinski definition) is 4. The fourth-order valence-corrected chi connectivity index (χ4v) is 4.61. The van der Waals surface area contributed by atoms with E-state index in [0.717, 1.165) is 53.4 Å². The summed E-state index contributed by atoms with van der Waals surface area (Å²) in [6.07, 6.45) is 2.31. The molecular weight excluding hydrogens is 410 g/mol. The lowest BCUT2D eigenvalue weighted by atomic mass is 9.89. The fraction of sp³-hybridized carbons (Fsp3) is 0.417. The van der Waals surface area contributed by atoms with Gasteiger partial charge in [0.25, 0.3) is 0 Å². The molecule has 0 aromatic heterocycles. The van der Waals surface area contributed by atoms with Gasteiger partial charge in [-0.15, -0.1) is 0 Å². The Morgan fingerprint density at radius 1 is 1.26 bits per heavy atom. The van der Waals surface area contributed by atoms with Gasteiger partial charge in [-0.05, 0) is 81.4 Å². The van der Waals surface area contributed by atoms with Crippen LogP contribution in [0.15, 0.2) is 36.4 Å². The van der Waals surface area contributed by atoms with Gasteiger partial charge in [0.1, 0.15) is 17.1 Å². The zero-order chi connectivity index (χ0) is 22.2. The molecule has 1 atom stereocenters. The molecule has 164 valence electrons. The summed E-state index contributed by atoms with van der Waals surface area (Å²) in [7, 11) is 1.66. The molecule has 0 spiro atoms. The lowest BCUT2D eigenvalue weighted by Gasteiger charge is -2.38. The van der Waals surface area contributed by atoms with E-state index >= 15 is 0 Å². The first kappa shape index (κ1) is 21.4. The summed E-state index contributed by atoms with van der Waals surface area (Å²) in [6, 6.07) is 11.8. The average Bonchev–Trinajstić information content (AvgIpc) is 3.12. The van der Waals surface area contributed by atoms with Crippen LogP contribution in [0.2, 0.25) is 0 Å². The Bertz CT molecular complexity index is 1020. The summed E-state index contributed by atoms with van der Waals surface area (Å²) in [5.74, 6) is 1.82. The molecule has 2 aromatic rings. The Morgan fingerprint density at radius 2 is 2.06 bits per heavy atom. The fourth-order valence-electron chi connectivity index (χ4n) is 4.35. The number of aryl methyl sites for hydroxylation is 1. The summed E-state index contributed by atoms with van der Waals surface area (Å²) in [6.45, 7) is 6.96. The Morgan fingerprint density at radius 3 is 2.74 bits per heavy atom. The molecule has 2 N–H and O–H groups in total. The smallest absolute Gasteiger partial charge is 0.227 e. The van der Waals surface area contributed by atoms with Crippen LogP contribution in [0.5, 0.6) is 11.5 Å². The standard InChI is InChI=1S/C24H29N3O3S/c1-15-12-16(7-9-20(15)27-11-5-6-22(27)28)25-23(31)26-19-14-24(2,3)30-21-10-8-17(29-4)13-18(19)21/h7-10,12-13,19H,5-6,11,14H2,1-4H3,(H2,25,26,31). The number of rotatable bonds is 4. The van der Waals surface area contributed by atoms with Crippen molar-refractivity contribution in [2.45, 2.75) is 51.7 Å². The maximum Gasteiger partial charge on any atom is 0.227 e. The monoisotopic (exact) mass is 439 g/mol. The maximum atomic E-state index is 12.1. The van der Waals surface area contributed by atoms with Gasteiger partial charge in [0, 0.05) is 36.3 Å². The Balaban J connectivity index is 1.49. The van der Waals surface area contributed by atoms with E-state index in [9.17, 15) is 4.79 Å². The van der Waals surface area contributed by atoms with Crippen LogP contribution in [0.4, 0.5) is 11.4 Å². The molecule has 2 aromatic carbocycles. The zero-order valence-corrected chi connectivity index (χ0v) is 19.3. The molecule has 1 saturated heterocycles. The number of ether oxygens (including phenoxy) is 2. The average molecular weight is 440 g/mol. The van der Waals surface area contributed by atoms with Gasteiger partial charge in [-0.25, -0.2) is 0 Å². The first-order valence-corrected chi connectivity index (χ1v) is 11.0. The number of carbonyl (C=O) groups is 1. The highest BCUT2D eigenvalue weighted by Gasteiger charge is 2.34. The van der Waals surface area contributed by atoms with Crippen LogP contribution in [0.3, 0.4) is 0 Å². The Labute approximate surface area is 188 Å². The van der Waals surface area contributed by atoms with Gasteiger partial charge in [-0.3, -0.25) is 4.79 Å². The highest BCUT2D eigenvalue weighted by atomic mass is 32.1. The van der Waals surface area contributed by atoms with Crippen LogP contribution in [0.1, 0.15) is 50.3 Å². The third-order valence-corrected chi connectivity index (χ3v) is 6.02. The second-order valence-electron chi connectivity index (χ2n) is 8.77. The quantitative estimate of drug-likeness (QED) is 0.672. The number of carbonyl (C=O) groups excluding carboxylic acids is 1. The number of hydrogen-bond donors (Lipinski definition) is 2. The topological polar surface area (TPSA) is 62.8 Å². The molecule has 0 saturated carbocycles. The molecule has 1 unspecified atom stereocenters. The molecule has 0 radical (unpaired) electrons. The highest BCUT2D eigenvalue weighted by Crippen LogP contribution is 2.41. The first-order chi connectivity index (χ1) is 14.8. The normalized spacial score (nSPS) is 19.4. The van der Waals surface area contributed by atoms with E-state index in [1.165, 1.54) is 0 Å². The molecule has 0 aliphatic carbocycles. The Kier molecular flexibility index (Phi) is 5.79. The summed E-state index contributed by atoms with van der Waals surface area (Å²) in [5, 5.41) is 7.28. The van der Waals surface area contributed by atoms with Crippen LogP contribution in [-0.4, -0.2) is 30.3 Å². The van der Waals surface area contributed by atoms with Crippen molar-refractivity contribution < 1.29 is 14.3 Å². The maximum absolute atomic E-state index is 12.1.